The predicted octanol–water partition coefficient (Wildman–Crippen LogP) is 4.24. The first-order valence-corrected chi connectivity index (χ1v) is 7.71. The zero-order chi connectivity index (χ0) is 15.8. The van der Waals surface area contributed by atoms with Crippen molar-refractivity contribution in [2.24, 2.45) is 0 Å². The van der Waals surface area contributed by atoms with Gasteiger partial charge in [0.2, 0.25) is 0 Å². The summed E-state index contributed by atoms with van der Waals surface area (Å²) in [6.07, 6.45) is 2.82. The van der Waals surface area contributed by atoms with Crippen molar-refractivity contribution in [3.63, 3.8) is 0 Å². The number of pyridine rings is 1. The average Bonchev–Trinajstić information content (AvgIpc) is 2.55. The molecule has 0 bridgehead atoms. The molecule has 1 heterocycles. The summed E-state index contributed by atoms with van der Waals surface area (Å²) in [5, 5.41) is 3.85. The van der Waals surface area contributed by atoms with Gasteiger partial charge in [-0.2, -0.15) is 0 Å². The lowest BCUT2D eigenvalue weighted by molar-refractivity contribution is 0.284. The van der Waals surface area contributed by atoms with E-state index < -0.39 is 0 Å². The van der Waals surface area contributed by atoms with E-state index in [1.165, 1.54) is 5.56 Å². The highest BCUT2D eigenvalue weighted by molar-refractivity contribution is 6.29. The largest absolute Gasteiger partial charge is 0.493 e. The van der Waals surface area contributed by atoms with E-state index in [-0.39, 0.29) is 12.4 Å². The summed E-state index contributed by atoms with van der Waals surface area (Å²) in [4.78, 5) is 4.04. The number of hydrogen-bond donors (Lipinski definition) is 1. The Hall–Kier alpha value is -1.49. The fourth-order valence-electron chi connectivity index (χ4n) is 2.00. The Kier molecular flexibility index (Phi) is 8.77. The molecule has 0 radical (unpaired) electrons. The van der Waals surface area contributed by atoms with E-state index in [2.05, 4.69) is 17.2 Å². The van der Waals surface area contributed by atoms with Gasteiger partial charge in [0.05, 0.1) is 7.11 Å². The molecule has 0 amide bonds. The van der Waals surface area contributed by atoms with Crippen LogP contribution in [0.2, 0.25) is 5.15 Å². The molecule has 0 saturated heterocycles. The SMILES string of the molecule is CCCNCc1ccc(OCc2ccc(Cl)nc2)c(OC)c1.Cl. The monoisotopic (exact) mass is 356 g/mol. The van der Waals surface area contributed by atoms with Crippen LogP contribution in [0.3, 0.4) is 0 Å². The van der Waals surface area contributed by atoms with Gasteiger partial charge in [0, 0.05) is 18.3 Å². The molecule has 0 spiro atoms. The lowest BCUT2D eigenvalue weighted by Gasteiger charge is -2.12. The maximum Gasteiger partial charge on any atom is 0.161 e. The van der Waals surface area contributed by atoms with Gasteiger partial charge in [0.15, 0.2) is 11.5 Å². The number of aromatic nitrogens is 1. The van der Waals surface area contributed by atoms with Gasteiger partial charge in [-0.15, -0.1) is 12.4 Å². The minimum absolute atomic E-state index is 0. The molecule has 0 unspecified atom stereocenters. The van der Waals surface area contributed by atoms with Crippen molar-refractivity contribution in [1.82, 2.24) is 10.3 Å². The summed E-state index contributed by atoms with van der Waals surface area (Å²) in [5.74, 6) is 1.45. The smallest absolute Gasteiger partial charge is 0.161 e. The molecule has 1 aromatic carbocycles. The number of benzene rings is 1. The molecule has 0 aliphatic rings. The van der Waals surface area contributed by atoms with Gasteiger partial charge in [0.1, 0.15) is 11.8 Å². The predicted molar refractivity (Wildman–Crippen MR) is 95.8 cm³/mol. The Morgan fingerprint density at radius 3 is 2.57 bits per heavy atom. The number of methoxy groups -OCH3 is 1. The number of halogens is 2. The zero-order valence-electron chi connectivity index (χ0n) is 13.3. The van der Waals surface area contributed by atoms with E-state index in [1.807, 2.05) is 24.3 Å². The molecule has 2 aromatic rings. The summed E-state index contributed by atoms with van der Waals surface area (Å²) < 4.78 is 11.2. The third kappa shape index (κ3) is 6.26. The molecule has 6 heteroatoms. The molecule has 0 saturated carbocycles. The van der Waals surface area contributed by atoms with Crippen molar-refractivity contribution in [2.45, 2.75) is 26.5 Å². The van der Waals surface area contributed by atoms with Gasteiger partial charge in [0.25, 0.3) is 0 Å². The fraction of sp³-hybridized carbons (Fsp3) is 0.353. The van der Waals surface area contributed by atoms with E-state index in [1.54, 1.807) is 19.4 Å². The van der Waals surface area contributed by atoms with Gasteiger partial charge in [-0.05, 0) is 36.7 Å². The third-order valence-electron chi connectivity index (χ3n) is 3.17. The van der Waals surface area contributed by atoms with Gasteiger partial charge in [-0.25, -0.2) is 4.98 Å². The number of nitrogens with one attached hydrogen (secondary N) is 1. The number of ether oxygens (including phenoxy) is 2. The standard InChI is InChI=1S/C17H21ClN2O2.ClH/c1-3-8-19-10-13-4-6-15(16(9-13)21-2)22-12-14-5-7-17(18)20-11-14;/h4-7,9,11,19H,3,8,10,12H2,1-2H3;1H. The summed E-state index contributed by atoms with van der Waals surface area (Å²) in [6, 6.07) is 9.62. The van der Waals surface area contributed by atoms with Crippen molar-refractivity contribution < 1.29 is 9.47 Å². The zero-order valence-corrected chi connectivity index (χ0v) is 14.9. The van der Waals surface area contributed by atoms with Crippen molar-refractivity contribution in [2.75, 3.05) is 13.7 Å². The van der Waals surface area contributed by atoms with E-state index in [4.69, 9.17) is 21.1 Å². The molecular formula is C17H22Cl2N2O2. The second-order valence-electron chi connectivity index (χ2n) is 4.94. The van der Waals surface area contributed by atoms with Crippen LogP contribution >= 0.6 is 24.0 Å². The van der Waals surface area contributed by atoms with Crippen LogP contribution in [0, 0.1) is 0 Å². The molecule has 4 nitrogen and oxygen atoms in total. The Balaban J connectivity index is 0.00000264. The summed E-state index contributed by atoms with van der Waals surface area (Å²) >= 11 is 5.77. The van der Waals surface area contributed by atoms with Crippen molar-refractivity contribution in [1.29, 1.82) is 0 Å². The lowest BCUT2D eigenvalue weighted by atomic mass is 10.2. The highest BCUT2D eigenvalue weighted by Crippen LogP contribution is 2.28. The Morgan fingerprint density at radius 1 is 1.13 bits per heavy atom. The summed E-state index contributed by atoms with van der Waals surface area (Å²) in [6.45, 7) is 4.40. The quantitative estimate of drug-likeness (QED) is 0.567. The van der Waals surface area contributed by atoms with Crippen LogP contribution < -0.4 is 14.8 Å². The van der Waals surface area contributed by atoms with Crippen LogP contribution in [0.1, 0.15) is 24.5 Å². The van der Waals surface area contributed by atoms with Crippen LogP contribution in [-0.2, 0) is 13.2 Å². The molecule has 23 heavy (non-hydrogen) atoms. The molecule has 2 rings (SSSR count). The van der Waals surface area contributed by atoms with Crippen molar-refractivity contribution >= 4 is 24.0 Å². The fourth-order valence-corrected chi connectivity index (χ4v) is 2.12. The molecule has 0 aliphatic heterocycles. The first kappa shape index (κ1) is 19.6. The molecule has 0 fully saturated rings. The first-order chi connectivity index (χ1) is 10.7. The van der Waals surface area contributed by atoms with Gasteiger partial charge >= 0.3 is 0 Å². The van der Waals surface area contributed by atoms with E-state index in [0.717, 1.165) is 36.6 Å². The Bertz CT molecular complexity index is 592. The molecule has 126 valence electrons. The third-order valence-corrected chi connectivity index (χ3v) is 3.39. The first-order valence-electron chi connectivity index (χ1n) is 7.33. The van der Waals surface area contributed by atoms with Crippen molar-refractivity contribution in [3.05, 3.63) is 52.8 Å². The Labute approximate surface area is 148 Å². The maximum absolute atomic E-state index is 5.81. The minimum Gasteiger partial charge on any atom is -0.493 e. The molecule has 0 atom stereocenters. The molecule has 1 aromatic heterocycles. The summed E-state index contributed by atoms with van der Waals surface area (Å²) in [5.41, 5.74) is 2.13. The van der Waals surface area contributed by atoms with Crippen LogP contribution in [0.4, 0.5) is 0 Å². The highest BCUT2D eigenvalue weighted by atomic mass is 35.5. The van der Waals surface area contributed by atoms with E-state index in [0.29, 0.717) is 11.8 Å². The Morgan fingerprint density at radius 2 is 1.91 bits per heavy atom. The van der Waals surface area contributed by atoms with Gasteiger partial charge in [-0.1, -0.05) is 30.7 Å². The number of rotatable bonds is 8. The normalized spacial score (nSPS) is 10.0. The number of nitrogens with zero attached hydrogens (tertiary/aromatic N) is 1. The van der Waals surface area contributed by atoms with Crippen LogP contribution in [-0.4, -0.2) is 18.6 Å². The number of hydrogen-bond acceptors (Lipinski definition) is 4. The van der Waals surface area contributed by atoms with Crippen LogP contribution in [0.25, 0.3) is 0 Å². The molecule has 1 N–H and O–H groups in total. The molecule has 0 aliphatic carbocycles. The average molecular weight is 357 g/mol. The van der Waals surface area contributed by atoms with Crippen LogP contribution in [0.5, 0.6) is 11.5 Å². The maximum atomic E-state index is 5.81. The second kappa shape index (κ2) is 10.3. The van der Waals surface area contributed by atoms with Crippen LogP contribution in [0.15, 0.2) is 36.5 Å². The lowest BCUT2D eigenvalue weighted by Crippen LogP contribution is -2.13. The van der Waals surface area contributed by atoms with E-state index in [9.17, 15) is 0 Å². The highest BCUT2D eigenvalue weighted by Gasteiger charge is 2.06. The van der Waals surface area contributed by atoms with Gasteiger partial charge in [-0.3, -0.25) is 0 Å². The molecular weight excluding hydrogens is 335 g/mol. The van der Waals surface area contributed by atoms with Crippen molar-refractivity contribution in [3.8, 4) is 11.5 Å². The minimum atomic E-state index is 0. The topological polar surface area (TPSA) is 43.4 Å². The second-order valence-corrected chi connectivity index (χ2v) is 5.33. The van der Waals surface area contributed by atoms with E-state index >= 15 is 0 Å². The summed E-state index contributed by atoms with van der Waals surface area (Å²) in [7, 11) is 1.65. The van der Waals surface area contributed by atoms with Gasteiger partial charge < -0.3 is 14.8 Å².